The largest absolute Gasteiger partial charge is 0.497 e. The number of amides is 1. The summed E-state index contributed by atoms with van der Waals surface area (Å²) < 4.78 is 46.7. The van der Waals surface area contributed by atoms with Gasteiger partial charge >= 0.3 is 0 Å². The van der Waals surface area contributed by atoms with Crippen molar-refractivity contribution >= 4 is 50.5 Å². The van der Waals surface area contributed by atoms with Crippen molar-refractivity contribution < 1.29 is 27.4 Å². The molecule has 11 nitrogen and oxygen atoms in total. The molecule has 0 radical (unpaired) electrons. The van der Waals surface area contributed by atoms with Gasteiger partial charge in [0.1, 0.15) is 17.2 Å². The van der Waals surface area contributed by atoms with Crippen LogP contribution in [0.2, 0.25) is 0 Å². The van der Waals surface area contributed by atoms with Gasteiger partial charge in [0.15, 0.2) is 5.16 Å². The number of fused-ring (bicyclic) bond motifs is 2. The summed E-state index contributed by atoms with van der Waals surface area (Å²) in [6.45, 7) is 6.23. The molecule has 2 heterocycles. The average molecular weight is 794 g/mol. The van der Waals surface area contributed by atoms with Crippen LogP contribution in [0.4, 0.5) is 0 Å². The highest BCUT2D eigenvalue weighted by atomic mass is 32.2. The van der Waals surface area contributed by atoms with Crippen molar-refractivity contribution in [3.8, 4) is 22.9 Å². The molecule has 1 aromatic heterocycles. The molecule has 0 spiro atoms. The van der Waals surface area contributed by atoms with Crippen molar-refractivity contribution in [2.45, 2.75) is 61.4 Å². The SMILES string of the molecule is CCN(CC)S(=O)(=O)c1ccc2c(c1)nc(SC(C)C(=O)N1N=C3/C(=C\c4ccc(OC)cc4)CCCC3C1c1ccc(OC)cc1)n2-c1ccc(OC)cc1. The molecular weight excluding hydrogens is 747 g/mol. The lowest BCUT2D eigenvalue weighted by Crippen LogP contribution is -2.36. The van der Waals surface area contributed by atoms with E-state index in [-0.39, 0.29) is 22.8 Å². The first kappa shape index (κ1) is 39.1. The van der Waals surface area contributed by atoms with Crippen molar-refractivity contribution in [1.82, 2.24) is 18.9 Å². The number of nitrogens with zero attached hydrogens (tertiary/aromatic N) is 5. The molecule has 7 rings (SSSR count). The number of methoxy groups -OCH3 is 3. The molecule has 13 heteroatoms. The van der Waals surface area contributed by atoms with Crippen LogP contribution in [0.25, 0.3) is 22.8 Å². The first-order chi connectivity index (χ1) is 27.1. The Morgan fingerprint density at radius 1 is 0.893 bits per heavy atom. The highest BCUT2D eigenvalue weighted by molar-refractivity contribution is 8.00. The zero-order valence-electron chi connectivity index (χ0n) is 32.5. The summed E-state index contributed by atoms with van der Waals surface area (Å²) in [6.07, 6.45) is 4.91. The van der Waals surface area contributed by atoms with Gasteiger partial charge in [0.25, 0.3) is 5.91 Å². The van der Waals surface area contributed by atoms with Crippen molar-refractivity contribution in [3.05, 3.63) is 108 Å². The smallest absolute Gasteiger partial charge is 0.256 e. The molecule has 0 saturated heterocycles. The summed E-state index contributed by atoms with van der Waals surface area (Å²) in [5, 5.41) is 6.77. The fourth-order valence-corrected chi connectivity index (χ4v) is 10.0. The molecule has 292 valence electrons. The zero-order valence-corrected chi connectivity index (χ0v) is 34.1. The lowest BCUT2D eigenvalue weighted by Gasteiger charge is -2.30. The van der Waals surface area contributed by atoms with E-state index in [1.807, 2.05) is 98.1 Å². The summed E-state index contributed by atoms with van der Waals surface area (Å²) >= 11 is 1.32. The molecule has 56 heavy (non-hydrogen) atoms. The Morgan fingerprint density at radius 3 is 2.11 bits per heavy atom. The Bertz CT molecular complexity index is 2370. The molecule has 3 unspecified atom stereocenters. The maximum absolute atomic E-state index is 14.8. The maximum Gasteiger partial charge on any atom is 0.256 e. The van der Waals surface area contributed by atoms with Crippen LogP contribution in [-0.2, 0) is 14.8 Å². The Morgan fingerprint density at radius 2 is 1.50 bits per heavy atom. The number of ether oxygens (including phenoxy) is 3. The van der Waals surface area contributed by atoms with Gasteiger partial charge in [-0.05, 0) is 116 Å². The molecule has 1 amide bonds. The van der Waals surface area contributed by atoms with E-state index >= 15 is 0 Å². The third-order valence-corrected chi connectivity index (χ3v) is 13.6. The minimum absolute atomic E-state index is 0.0119. The van der Waals surface area contributed by atoms with Crippen molar-refractivity contribution in [1.29, 1.82) is 0 Å². The first-order valence-corrected chi connectivity index (χ1v) is 21.2. The molecule has 2 aliphatic rings. The number of benzene rings is 4. The highest BCUT2D eigenvalue weighted by Gasteiger charge is 2.45. The molecule has 5 aromatic rings. The number of allylic oxidation sites excluding steroid dienone is 1. The topological polar surface area (TPSA) is 116 Å². The van der Waals surface area contributed by atoms with Gasteiger partial charge in [-0.1, -0.05) is 49.9 Å². The van der Waals surface area contributed by atoms with Gasteiger partial charge in [-0.3, -0.25) is 9.36 Å². The second kappa shape index (κ2) is 16.5. The highest BCUT2D eigenvalue weighted by Crippen LogP contribution is 2.46. The molecule has 3 atom stereocenters. The van der Waals surface area contributed by atoms with Crippen molar-refractivity contribution in [2.24, 2.45) is 11.0 Å². The Labute approximate surface area is 333 Å². The summed E-state index contributed by atoms with van der Waals surface area (Å²) in [5.74, 6) is 2.09. The second-order valence-electron chi connectivity index (χ2n) is 13.8. The van der Waals surface area contributed by atoms with E-state index in [2.05, 4.69) is 6.08 Å². The molecule has 0 bridgehead atoms. The van der Waals surface area contributed by atoms with Crippen LogP contribution in [0.5, 0.6) is 17.2 Å². The zero-order chi connectivity index (χ0) is 39.6. The Balaban J connectivity index is 1.27. The predicted molar refractivity (Wildman–Crippen MR) is 221 cm³/mol. The van der Waals surface area contributed by atoms with Gasteiger partial charge in [-0.2, -0.15) is 9.41 Å². The van der Waals surface area contributed by atoms with Crippen molar-refractivity contribution in [2.75, 3.05) is 34.4 Å². The predicted octanol–water partition coefficient (Wildman–Crippen LogP) is 8.39. The monoisotopic (exact) mass is 793 g/mol. The summed E-state index contributed by atoms with van der Waals surface area (Å²) in [5.41, 5.74) is 6.11. The fraction of sp³-hybridized carbons (Fsp3) is 0.326. The number of sulfonamides is 1. The van der Waals surface area contributed by atoms with E-state index in [1.165, 1.54) is 16.1 Å². The number of hydrazone groups is 1. The van der Waals surface area contributed by atoms with Gasteiger partial charge in [0.2, 0.25) is 10.0 Å². The van der Waals surface area contributed by atoms with Gasteiger partial charge < -0.3 is 14.2 Å². The third-order valence-electron chi connectivity index (χ3n) is 10.5. The van der Waals surface area contributed by atoms with E-state index in [1.54, 1.807) is 44.5 Å². The number of hydrogen-bond acceptors (Lipinski definition) is 9. The van der Waals surface area contributed by atoms with Gasteiger partial charge in [-0.25, -0.2) is 18.4 Å². The summed E-state index contributed by atoms with van der Waals surface area (Å²) in [7, 11) is 1.18. The fourth-order valence-electron chi connectivity index (χ4n) is 7.58. The normalized spacial score (nSPS) is 18.2. The van der Waals surface area contributed by atoms with E-state index in [0.29, 0.717) is 35.0 Å². The quantitative estimate of drug-likeness (QED) is 0.109. The summed E-state index contributed by atoms with van der Waals surface area (Å²) in [6, 6.07) is 28.1. The van der Waals surface area contributed by atoms with E-state index in [0.717, 1.165) is 58.9 Å². The van der Waals surface area contributed by atoms with Crippen LogP contribution >= 0.6 is 11.8 Å². The van der Waals surface area contributed by atoms with E-state index in [4.69, 9.17) is 24.3 Å². The van der Waals surface area contributed by atoms with Gasteiger partial charge in [-0.15, -0.1) is 0 Å². The third kappa shape index (κ3) is 7.55. The number of hydrogen-bond donors (Lipinski definition) is 0. The molecule has 1 aliphatic carbocycles. The van der Waals surface area contributed by atoms with Crippen molar-refractivity contribution in [3.63, 3.8) is 0 Å². The van der Waals surface area contributed by atoms with Crippen LogP contribution in [0.1, 0.15) is 57.2 Å². The van der Waals surface area contributed by atoms with Crippen LogP contribution in [0.3, 0.4) is 0 Å². The molecule has 4 aromatic carbocycles. The molecule has 1 aliphatic heterocycles. The van der Waals surface area contributed by atoms with E-state index < -0.39 is 15.3 Å². The summed E-state index contributed by atoms with van der Waals surface area (Å²) in [4.78, 5) is 20.0. The second-order valence-corrected chi connectivity index (χ2v) is 17.0. The first-order valence-electron chi connectivity index (χ1n) is 18.8. The number of carbonyl (C=O) groups excluding carboxylic acids is 1. The molecule has 0 N–H and O–H groups in total. The number of thioether (sulfide) groups is 1. The Kier molecular flexibility index (Phi) is 11.6. The number of aromatic nitrogens is 2. The van der Waals surface area contributed by atoms with Gasteiger partial charge in [0, 0.05) is 24.7 Å². The number of imidazole rings is 1. The van der Waals surface area contributed by atoms with E-state index in [9.17, 15) is 13.2 Å². The maximum atomic E-state index is 14.8. The lowest BCUT2D eigenvalue weighted by molar-refractivity contribution is -0.132. The van der Waals surface area contributed by atoms with Crippen LogP contribution in [0, 0.1) is 5.92 Å². The minimum Gasteiger partial charge on any atom is -0.497 e. The van der Waals surface area contributed by atoms with Crippen LogP contribution < -0.4 is 14.2 Å². The molecule has 1 saturated carbocycles. The molecule has 1 fully saturated rings. The minimum atomic E-state index is -3.73. The van der Waals surface area contributed by atoms with Crippen LogP contribution in [0.15, 0.2) is 112 Å². The molecular formula is C43H47N5O6S2. The van der Waals surface area contributed by atoms with Crippen LogP contribution in [-0.4, -0.2) is 78.6 Å². The number of rotatable bonds is 13. The van der Waals surface area contributed by atoms with Gasteiger partial charge in [0.05, 0.1) is 54.3 Å². The Hall–Kier alpha value is -5.11. The number of carbonyl (C=O) groups is 1. The average Bonchev–Trinajstić information content (AvgIpc) is 3.80. The standard InChI is InChI=1S/C43H47N5O6S2/c1-7-46(8-2)56(50,51)36-24-25-39-38(27-36)44-43(47(39)32-16-22-35(54-6)23-17-32)55-28(3)42(49)48-41(30-14-20-34(53-5)21-15-30)37-11-9-10-31(40(37)45-48)26-29-12-18-33(52-4)19-13-29/h12-28,37,41H,7-11H2,1-6H3/b31-26-. The lowest BCUT2D eigenvalue weighted by atomic mass is 9.77.